The molecule has 11 heteroatoms. The number of anilines is 2. The van der Waals surface area contributed by atoms with Gasteiger partial charge in [-0.25, -0.2) is 18.7 Å². The summed E-state index contributed by atoms with van der Waals surface area (Å²) in [7, 11) is -3.44. The van der Waals surface area contributed by atoms with E-state index in [1.165, 1.54) is 17.0 Å². The van der Waals surface area contributed by atoms with Gasteiger partial charge in [-0.1, -0.05) is 58.0 Å². The average molecular weight is 549 g/mol. The second-order valence-corrected chi connectivity index (χ2v) is 12.1. The van der Waals surface area contributed by atoms with E-state index < -0.39 is 27.7 Å². The van der Waals surface area contributed by atoms with Crippen LogP contribution in [0, 0.1) is 5.53 Å². The zero-order valence-corrected chi connectivity index (χ0v) is 23.1. The van der Waals surface area contributed by atoms with Crippen molar-refractivity contribution in [3.63, 3.8) is 0 Å². The van der Waals surface area contributed by atoms with Crippen LogP contribution in [0.1, 0.15) is 49.2 Å². The molecule has 0 aliphatic heterocycles. The van der Waals surface area contributed by atoms with E-state index in [2.05, 4.69) is 36.2 Å². The van der Waals surface area contributed by atoms with E-state index in [-0.39, 0.29) is 28.2 Å². The predicted octanol–water partition coefficient (Wildman–Crippen LogP) is 5.50. The first-order valence-corrected chi connectivity index (χ1v) is 13.9. The lowest BCUT2D eigenvalue weighted by molar-refractivity contribution is 0.100. The molecule has 0 atom stereocenters. The standard InChI is InChI=1S/C28H32N6O4S/c1-5-39(37,38)24-8-6-7-22(17-24)31-27(36)34(23-15-13-21(14-16-23)28(2,3)4)18-19-9-11-20(12-10-19)25(35)32-26(29)33-30/h6-17,30H,5,18H2,1-4H3,(H,31,36)(H2,29,32,35). The summed E-state index contributed by atoms with van der Waals surface area (Å²) in [4.78, 5) is 30.9. The zero-order chi connectivity index (χ0) is 28.8. The maximum Gasteiger partial charge on any atom is 0.326 e. The van der Waals surface area contributed by atoms with Crippen molar-refractivity contribution in [2.75, 3.05) is 16.0 Å². The van der Waals surface area contributed by atoms with E-state index >= 15 is 0 Å². The Morgan fingerprint density at radius 3 is 2.21 bits per heavy atom. The first-order valence-electron chi connectivity index (χ1n) is 12.2. The summed E-state index contributed by atoms with van der Waals surface area (Å²) in [5.74, 6) is -1.13. The molecule has 204 valence electrons. The quantitative estimate of drug-likeness (QED) is 0.202. The largest absolute Gasteiger partial charge is 0.366 e. The number of hydrogen-bond donors (Lipinski definition) is 3. The number of rotatable bonds is 7. The number of nitrogens with zero attached hydrogens (tertiary/aromatic N) is 3. The van der Waals surface area contributed by atoms with E-state index in [1.54, 1.807) is 43.3 Å². The Morgan fingerprint density at radius 2 is 1.64 bits per heavy atom. The second-order valence-electron chi connectivity index (χ2n) is 9.83. The topological polar surface area (TPSA) is 158 Å². The van der Waals surface area contributed by atoms with Gasteiger partial charge in [-0.3, -0.25) is 9.69 Å². The third-order valence-electron chi connectivity index (χ3n) is 5.99. The van der Waals surface area contributed by atoms with Crippen LogP contribution in [0.2, 0.25) is 0 Å². The van der Waals surface area contributed by atoms with E-state index in [0.717, 1.165) is 11.1 Å². The van der Waals surface area contributed by atoms with E-state index in [0.29, 0.717) is 11.4 Å². The highest BCUT2D eigenvalue weighted by Gasteiger charge is 2.20. The molecule has 0 aromatic heterocycles. The third kappa shape index (κ3) is 7.57. The molecule has 39 heavy (non-hydrogen) atoms. The fraction of sp³-hybridized carbons (Fsp3) is 0.250. The number of sulfone groups is 1. The van der Waals surface area contributed by atoms with Gasteiger partial charge < -0.3 is 11.1 Å². The number of carbonyl (C=O) groups is 2. The van der Waals surface area contributed by atoms with Gasteiger partial charge in [0.25, 0.3) is 5.91 Å². The summed E-state index contributed by atoms with van der Waals surface area (Å²) in [5, 5.41) is 5.72. The number of benzene rings is 3. The molecule has 4 N–H and O–H groups in total. The summed E-state index contributed by atoms with van der Waals surface area (Å²) in [6.45, 7) is 8.03. The van der Waals surface area contributed by atoms with Crippen molar-refractivity contribution in [1.29, 1.82) is 5.53 Å². The van der Waals surface area contributed by atoms with Crippen molar-refractivity contribution < 1.29 is 18.0 Å². The van der Waals surface area contributed by atoms with Crippen LogP contribution in [-0.2, 0) is 21.8 Å². The molecule has 0 spiro atoms. The van der Waals surface area contributed by atoms with Crippen molar-refractivity contribution >= 4 is 39.1 Å². The minimum atomic E-state index is -3.44. The number of aliphatic imine (C=N–C) groups is 1. The summed E-state index contributed by atoms with van der Waals surface area (Å²) < 4.78 is 24.6. The number of nitrogens with two attached hydrogens (primary N) is 1. The number of guanidine groups is 1. The van der Waals surface area contributed by atoms with E-state index in [9.17, 15) is 18.0 Å². The van der Waals surface area contributed by atoms with Crippen LogP contribution >= 0.6 is 0 Å². The van der Waals surface area contributed by atoms with Gasteiger partial charge in [-0.05, 0) is 59.0 Å². The van der Waals surface area contributed by atoms with Crippen LogP contribution in [0.15, 0.2) is 87.8 Å². The number of hydrogen-bond acceptors (Lipinski definition) is 5. The second kappa shape index (κ2) is 12.0. The summed E-state index contributed by atoms with van der Waals surface area (Å²) >= 11 is 0. The number of nitrogens with one attached hydrogen (secondary N) is 2. The fourth-order valence-electron chi connectivity index (χ4n) is 3.68. The van der Waals surface area contributed by atoms with Gasteiger partial charge in [0.2, 0.25) is 5.96 Å². The Bertz CT molecular complexity index is 1490. The zero-order valence-electron chi connectivity index (χ0n) is 22.3. The first kappa shape index (κ1) is 29.2. The van der Waals surface area contributed by atoms with Gasteiger partial charge in [-0.15, -0.1) is 5.11 Å². The van der Waals surface area contributed by atoms with Gasteiger partial charge in [-0.2, -0.15) is 4.99 Å². The van der Waals surface area contributed by atoms with Crippen LogP contribution in [-0.4, -0.2) is 32.1 Å². The number of urea groups is 1. The first-order chi connectivity index (χ1) is 18.3. The smallest absolute Gasteiger partial charge is 0.326 e. The van der Waals surface area contributed by atoms with Crippen LogP contribution in [0.3, 0.4) is 0 Å². The normalized spacial score (nSPS) is 12.1. The lowest BCUT2D eigenvalue weighted by atomic mass is 9.87. The lowest BCUT2D eigenvalue weighted by Gasteiger charge is -2.25. The van der Waals surface area contributed by atoms with Crippen LogP contribution in [0.5, 0.6) is 0 Å². The van der Waals surface area contributed by atoms with E-state index in [4.69, 9.17) is 11.3 Å². The van der Waals surface area contributed by atoms with Gasteiger partial charge in [0.1, 0.15) is 0 Å². The van der Waals surface area contributed by atoms with Crippen LogP contribution < -0.4 is 16.0 Å². The Hall–Kier alpha value is -4.38. The Balaban J connectivity index is 1.92. The summed E-state index contributed by atoms with van der Waals surface area (Å²) in [6.07, 6.45) is 0. The monoisotopic (exact) mass is 548 g/mol. The Kier molecular flexibility index (Phi) is 8.97. The fourth-order valence-corrected chi connectivity index (χ4v) is 4.60. The maximum absolute atomic E-state index is 13.5. The van der Waals surface area contributed by atoms with Crippen LogP contribution in [0.25, 0.3) is 0 Å². The minimum Gasteiger partial charge on any atom is -0.366 e. The molecule has 0 fully saturated rings. The molecule has 3 rings (SSSR count). The Morgan fingerprint density at radius 1 is 1.00 bits per heavy atom. The van der Waals surface area contributed by atoms with Gasteiger partial charge >= 0.3 is 6.03 Å². The molecule has 3 aromatic rings. The number of carbonyl (C=O) groups excluding carboxylic acids is 2. The summed E-state index contributed by atoms with van der Waals surface area (Å²) in [6, 6.07) is 19.8. The molecule has 0 heterocycles. The highest BCUT2D eigenvalue weighted by Crippen LogP contribution is 2.27. The number of amides is 3. The molecule has 3 aromatic carbocycles. The molecule has 0 saturated carbocycles. The molecule has 0 bridgehead atoms. The Labute approximate surface area is 228 Å². The van der Waals surface area contributed by atoms with Crippen LogP contribution in [0.4, 0.5) is 16.2 Å². The minimum absolute atomic E-state index is 0.0507. The van der Waals surface area contributed by atoms with Gasteiger partial charge in [0.15, 0.2) is 9.84 Å². The molecule has 0 saturated heterocycles. The van der Waals surface area contributed by atoms with E-state index in [1.807, 2.05) is 24.3 Å². The molecule has 10 nitrogen and oxygen atoms in total. The van der Waals surface area contributed by atoms with Crippen molar-refractivity contribution in [2.45, 2.75) is 44.6 Å². The van der Waals surface area contributed by atoms with Gasteiger partial charge in [0.05, 0.1) is 17.2 Å². The molecule has 3 amide bonds. The molecular weight excluding hydrogens is 516 g/mol. The molecular formula is C28H32N6O4S. The van der Waals surface area contributed by atoms with Crippen molar-refractivity contribution in [3.05, 3.63) is 89.5 Å². The average Bonchev–Trinajstić information content (AvgIpc) is 2.91. The highest BCUT2D eigenvalue weighted by atomic mass is 32.2. The maximum atomic E-state index is 13.5. The molecule has 0 unspecified atom stereocenters. The molecule has 0 radical (unpaired) electrons. The van der Waals surface area contributed by atoms with Gasteiger partial charge in [0, 0.05) is 16.9 Å². The summed E-state index contributed by atoms with van der Waals surface area (Å²) in [5.41, 5.74) is 15.2. The molecule has 0 aliphatic carbocycles. The van der Waals surface area contributed by atoms with Crippen molar-refractivity contribution in [2.24, 2.45) is 15.8 Å². The third-order valence-corrected chi connectivity index (χ3v) is 7.72. The SMILES string of the molecule is CCS(=O)(=O)c1cccc(NC(=O)N(Cc2ccc(C(=O)N=C(N)N=N)cc2)c2ccc(C(C)(C)C)cc2)c1. The van der Waals surface area contributed by atoms with Crippen molar-refractivity contribution in [3.8, 4) is 0 Å². The molecule has 0 aliphatic rings. The lowest BCUT2D eigenvalue weighted by Crippen LogP contribution is -2.34. The van der Waals surface area contributed by atoms with Crippen molar-refractivity contribution in [1.82, 2.24) is 0 Å². The predicted molar refractivity (Wildman–Crippen MR) is 152 cm³/mol. The highest BCUT2D eigenvalue weighted by molar-refractivity contribution is 7.91.